The highest BCUT2D eigenvalue weighted by Crippen LogP contribution is 2.25. The lowest BCUT2D eigenvalue weighted by Gasteiger charge is -2.30. The van der Waals surface area contributed by atoms with Crippen molar-refractivity contribution in [3.8, 4) is 0 Å². The summed E-state index contributed by atoms with van der Waals surface area (Å²) in [6.07, 6.45) is 0.782. The van der Waals surface area contributed by atoms with E-state index in [9.17, 15) is 17.6 Å². The van der Waals surface area contributed by atoms with Crippen molar-refractivity contribution < 1.29 is 22.3 Å². The van der Waals surface area contributed by atoms with Crippen molar-refractivity contribution in [2.75, 3.05) is 13.1 Å². The first-order chi connectivity index (χ1) is 12.5. The Morgan fingerprint density at radius 1 is 1.04 bits per heavy atom. The molecule has 0 aliphatic carbocycles. The van der Waals surface area contributed by atoms with Crippen molar-refractivity contribution in [3.05, 3.63) is 66.0 Å². The lowest BCUT2D eigenvalue weighted by molar-refractivity contribution is -0.151. The molecule has 3 rings (SSSR count). The number of hydrogen-bond acceptors (Lipinski definition) is 4. The van der Waals surface area contributed by atoms with Gasteiger partial charge in [0.25, 0.3) is 0 Å². The molecule has 1 aliphatic heterocycles. The fraction of sp³-hybridized carbons (Fsp3) is 0.316. The maximum Gasteiger partial charge on any atom is 0.309 e. The van der Waals surface area contributed by atoms with Crippen LogP contribution in [0.1, 0.15) is 18.4 Å². The smallest absolute Gasteiger partial charge is 0.309 e. The molecule has 7 heteroatoms. The summed E-state index contributed by atoms with van der Waals surface area (Å²) in [4.78, 5) is 12.4. The number of carbonyl (C=O) groups excluding carboxylic acids is 1. The minimum Gasteiger partial charge on any atom is -0.460 e. The van der Waals surface area contributed by atoms with Gasteiger partial charge >= 0.3 is 5.97 Å². The molecule has 0 bridgehead atoms. The number of hydrogen-bond donors (Lipinski definition) is 0. The van der Waals surface area contributed by atoms with Crippen molar-refractivity contribution in [2.24, 2.45) is 5.92 Å². The molecule has 138 valence electrons. The van der Waals surface area contributed by atoms with Crippen LogP contribution < -0.4 is 0 Å². The molecule has 0 unspecified atom stereocenters. The maximum atomic E-state index is 13.6. The second-order valence-corrected chi connectivity index (χ2v) is 8.13. The normalized spacial score (nSPS) is 16.3. The Labute approximate surface area is 152 Å². The minimum atomic E-state index is -3.54. The van der Waals surface area contributed by atoms with E-state index in [-0.39, 0.29) is 30.5 Å². The second kappa shape index (κ2) is 7.97. The highest BCUT2D eigenvalue weighted by atomic mass is 32.2. The number of piperidine rings is 1. The van der Waals surface area contributed by atoms with E-state index in [1.807, 2.05) is 0 Å². The number of sulfonamides is 1. The number of esters is 1. The van der Waals surface area contributed by atoms with Crippen LogP contribution in [0.3, 0.4) is 0 Å². The summed E-state index contributed by atoms with van der Waals surface area (Å²) in [5.74, 6) is -1.20. The summed E-state index contributed by atoms with van der Waals surface area (Å²) in [5.41, 5.74) is 0.324. The lowest BCUT2D eigenvalue weighted by atomic mass is 9.98. The van der Waals surface area contributed by atoms with Crippen LogP contribution >= 0.6 is 0 Å². The van der Waals surface area contributed by atoms with Gasteiger partial charge in [0, 0.05) is 18.7 Å². The average Bonchev–Trinajstić information content (AvgIpc) is 2.68. The Morgan fingerprint density at radius 3 is 2.31 bits per heavy atom. The fourth-order valence-electron chi connectivity index (χ4n) is 2.96. The average molecular weight is 377 g/mol. The third kappa shape index (κ3) is 4.11. The highest BCUT2D eigenvalue weighted by molar-refractivity contribution is 7.89. The molecule has 0 aromatic heterocycles. The topological polar surface area (TPSA) is 63.7 Å². The van der Waals surface area contributed by atoms with E-state index in [1.54, 1.807) is 48.5 Å². The summed E-state index contributed by atoms with van der Waals surface area (Å²) >= 11 is 0. The zero-order valence-corrected chi connectivity index (χ0v) is 15.0. The minimum absolute atomic E-state index is 0.117. The van der Waals surface area contributed by atoms with Gasteiger partial charge in [-0.3, -0.25) is 4.79 Å². The van der Waals surface area contributed by atoms with Crippen LogP contribution in [0.15, 0.2) is 59.5 Å². The molecule has 0 N–H and O–H groups in total. The quantitative estimate of drug-likeness (QED) is 0.752. The Kier molecular flexibility index (Phi) is 5.68. The number of rotatable bonds is 5. The summed E-state index contributed by atoms with van der Waals surface area (Å²) in [6, 6.07) is 14.4. The van der Waals surface area contributed by atoms with Gasteiger partial charge in [-0.1, -0.05) is 36.4 Å². The molecular formula is C19H20FNO4S. The van der Waals surface area contributed by atoms with Crippen molar-refractivity contribution in [1.82, 2.24) is 4.31 Å². The van der Waals surface area contributed by atoms with Crippen molar-refractivity contribution in [1.29, 1.82) is 0 Å². The van der Waals surface area contributed by atoms with Crippen LogP contribution in [-0.4, -0.2) is 31.8 Å². The van der Waals surface area contributed by atoms with Crippen molar-refractivity contribution in [3.63, 3.8) is 0 Å². The SMILES string of the molecule is O=C(OCc1ccccc1F)C1CCN(S(=O)(=O)c2ccccc2)CC1. The van der Waals surface area contributed by atoms with Gasteiger partial charge in [0.15, 0.2) is 0 Å². The zero-order chi connectivity index (χ0) is 18.6. The van der Waals surface area contributed by atoms with Crippen LogP contribution in [-0.2, 0) is 26.2 Å². The highest BCUT2D eigenvalue weighted by Gasteiger charge is 2.32. The van der Waals surface area contributed by atoms with E-state index in [2.05, 4.69) is 0 Å². The maximum absolute atomic E-state index is 13.6. The Bertz CT molecular complexity index is 862. The first-order valence-corrected chi connectivity index (χ1v) is 9.88. The number of halogens is 1. The molecular weight excluding hydrogens is 357 g/mol. The lowest BCUT2D eigenvalue weighted by Crippen LogP contribution is -2.40. The van der Waals surface area contributed by atoms with Gasteiger partial charge < -0.3 is 4.74 Å². The first-order valence-electron chi connectivity index (χ1n) is 8.44. The largest absolute Gasteiger partial charge is 0.460 e. The molecule has 26 heavy (non-hydrogen) atoms. The molecule has 5 nitrogen and oxygen atoms in total. The third-order valence-corrected chi connectivity index (χ3v) is 6.41. The number of carbonyl (C=O) groups is 1. The first kappa shape index (κ1) is 18.5. The molecule has 2 aromatic rings. The predicted molar refractivity (Wildman–Crippen MR) is 94.1 cm³/mol. The molecule has 1 aliphatic rings. The van der Waals surface area contributed by atoms with Crippen molar-refractivity contribution in [2.45, 2.75) is 24.3 Å². The van der Waals surface area contributed by atoms with Crippen LogP contribution in [0.2, 0.25) is 0 Å². The van der Waals surface area contributed by atoms with Gasteiger partial charge in [-0.2, -0.15) is 4.31 Å². The second-order valence-electron chi connectivity index (χ2n) is 6.19. The Balaban J connectivity index is 1.55. The molecule has 0 amide bonds. The van der Waals surface area contributed by atoms with Gasteiger partial charge in [-0.15, -0.1) is 0 Å². The van der Waals surface area contributed by atoms with Gasteiger partial charge in [-0.25, -0.2) is 12.8 Å². The number of benzene rings is 2. The molecule has 1 heterocycles. The van der Waals surface area contributed by atoms with Crippen LogP contribution in [0.4, 0.5) is 4.39 Å². The third-order valence-electron chi connectivity index (χ3n) is 4.50. The van der Waals surface area contributed by atoms with E-state index < -0.39 is 21.8 Å². The van der Waals surface area contributed by atoms with E-state index >= 15 is 0 Å². The summed E-state index contributed by atoms with van der Waals surface area (Å²) in [5, 5.41) is 0. The van der Waals surface area contributed by atoms with E-state index in [0.29, 0.717) is 18.4 Å². The van der Waals surface area contributed by atoms with Gasteiger partial charge in [-0.05, 0) is 31.0 Å². The van der Waals surface area contributed by atoms with Gasteiger partial charge in [0.2, 0.25) is 10.0 Å². The standard InChI is InChI=1S/C19H20FNO4S/c20-18-9-5-4-6-16(18)14-25-19(22)15-10-12-21(13-11-15)26(23,24)17-7-2-1-3-8-17/h1-9,15H,10-14H2. The Hall–Kier alpha value is -2.25. The van der Waals surface area contributed by atoms with Crippen LogP contribution in [0, 0.1) is 11.7 Å². The molecule has 0 radical (unpaired) electrons. The summed E-state index contributed by atoms with van der Waals surface area (Å²) in [7, 11) is -3.54. The molecule has 1 fully saturated rings. The fourth-order valence-corrected chi connectivity index (χ4v) is 4.45. The molecule has 2 aromatic carbocycles. The van der Waals surface area contributed by atoms with Crippen molar-refractivity contribution >= 4 is 16.0 Å². The Morgan fingerprint density at radius 2 is 1.65 bits per heavy atom. The molecule has 0 atom stereocenters. The number of ether oxygens (including phenoxy) is 1. The van der Waals surface area contributed by atoms with E-state index in [0.717, 1.165) is 0 Å². The van der Waals surface area contributed by atoms with Crippen LogP contribution in [0.5, 0.6) is 0 Å². The zero-order valence-electron chi connectivity index (χ0n) is 14.2. The summed E-state index contributed by atoms with van der Waals surface area (Å²) < 4.78 is 45.3. The summed E-state index contributed by atoms with van der Waals surface area (Å²) in [6.45, 7) is 0.404. The van der Waals surface area contributed by atoms with E-state index in [1.165, 1.54) is 10.4 Å². The number of nitrogens with zero attached hydrogens (tertiary/aromatic N) is 1. The van der Waals surface area contributed by atoms with E-state index in [4.69, 9.17) is 4.74 Å². The monoisotopic (exact) mass is 377 g/mol. The van der Waals surface area contributed by atoms with Gasteiger partial charge in [0.05, 0.1) is 10.8 Å². The van der Waals surface area contributed by atoms with Gasteiger partial charge in [0.1, 0.15) is 12.4 Å². The van der Waals surface area contributed by atoms with Crippen LogP contribution in [0.25, 0.3) is 0 Å². The molecule has 1 saturated heterocycles. The predicted octanol–water partition coefficient (Wildman–Crippen LogP) is 2.97. The molecule has 0 saturated carbocycles. The molecule has 0 spiro atoms.